The molecule has 2 atom stereocenters. The van der Waals surface area contributed by atoms with Crippen LogP contribution in [0, 0.1) is 0 Å². The van der Waals surface area contributed by atoms with Gasteiger partial charge >= 0.3 is 0 Å². The Balaban J connectivity index is 1.41. The number of rotatable bonds is 17. The highest BCUT2D eigenvalue weighted by molar-refractivity contribution is 6.55. The molecule has 0 amide bonds. The first kappa shape index (κ1) is 38.9. The Morgan fingerprint density at radius 1 is 0.980 bits per heavy atom. The summed E-state index contributed by atoms with van der Waals surface area (Å²) < 4.78 is 17.8. The van der Waals surface area contributed by atoms with Gasteiger partial charge in [-0.15, -0.1) is 0 Å². The number of aliphatic hydroxyl groups excluding tert-OH is 3. The van der Waals surface area contributed by atoms with E-state index < -0.39 is 15.5 Å². The van der Waals surface area contributed by atoms with Gasteiger partial charge < -0.3 is 39.7 Å². The monoisotopic (exact) mass is 764 g/mol. The highest BCUT2D eigenvalue weighted by atomic mass is 35.5. The number of benzene rings is 3. The summed E-state index contributed by atoms with van der Waals surface area (Å²) in [4.78, 5) is 2.21. The van der Waals surface area contributed by atoms with Gasteiger partial charge in [0.15, 0.2) is 9.93 Å². The van der Waals surface area contributed by atoms with Crippen LogP contribution in [0.1, 0.15) is 36.5 Å². The molecule has 5 rings (SSSR count). The molecule has 4 N–H and O–H groups in total. The van der Waals surface area contributed by atoms with Crippen LogP contribution < -0.4 is 14.8 Å². The number of halogens is 4. The molecule has 270 valence electrons. The Morgan fingerprint density at radius 3 is 2.46 bits per heavy atom. The third-order valence-corrected chi connectivity index (χ3v) is 10.6. The molecule has 12 heteroatoms. The standard InChI is InChI=1S/C38H44Cl4N2O6/c1-36(24-45,25-46)43-21-29-19-33(40)35(20-34(29)48-23-27-8-5-11-30(39)18-27)49-26-37(50-17-7-15-44-16-13-31(47)22-44)14-6-12-32(38(37,41)42)28-9-3-2-4-10-28/h2-6,8-12,14,18-20,31,43,45-47H,7,13,15-17,21-26H2,1H3/t31?,37-/m1/s1. The van der Waals surface area contributed by atoms with Crippen molar-refractivity contribution in [1.29, 1.82) is 0 Å². The number of alkyl halides is 2. The predicted molar refractivity (Wildman–Crippen MR) is 201 cm³/mol. The molecule has 1 unspecified atom stereocenters. The lowest BCUT2D eigenvalue weighted by atomic mass is 9.85. The van der Waals surface area contributed by atoms with Gasteiger partial charge in [-0.25, -0.2) is 0 Å². The fraction of sp³-hybridized carbons (Fsp3) is 0.421. The lowest BCUT2D eigenvalue weighted by Crippen LogP contribution is -2.53. The number of likely N-dealkylation sites (tertiary alicyclic amines) is 1. The molecule has 1 saturated heterocycles. The summed E-state index contributed by atoms with van der Waals surface area (Å²) in [6.45, 7) is 4.13. The van der Waals surface area contributed by atoms with E-state index in [0.717, 1.165) is 30.6 Å². The van der Waals surface area contributed by atoms with Crippen molar-refractivity contribution in [3.63, 3.8) is 0 Å². The summed E-state index contributed by atoms with van der Waals surface area (Å²) in [6.07, 6.45) is 6.75. The van der Waals surface area contributed by atoms with Crippen LogP contribution in [0.15, 0.2) is 85.0 Å². The van der Waals surface area contributed by atoms with Crippen LogP contribution in [0.3, 0.4) is 0 Å². The Morgan fingerprint density at radius 2 is 1.76 bits per heavy atom. The quantitative estimate of drug-likeness (QED) is 0.0878. The number of β-amino-alcohol motifs (C(OH)–C–C–N with tert-alkyl or cyclic N) is 1. The average molecular weight is 767 g/mol. The average Bonchev–Trinajstić information content (AvgIpc) is 3.53. The third kappa shape index (κ3) is 9.55. The minimum absolute atomic E-state index is 0.0821. The fourth-order valence-electron chi connectivity index (χ4n) is 5.91. The molecule has 3 aromatic rings. The van der Waals surface area contributed by atoms with Gasteiger partial charge in [0, 0.05) is 49.4 Å². The second-order valence-corrected chi connectivity index (χ2v) is 15.2. The number of ether oxygens (including phenoxy) is 3. The normalized spacial score (nSPS) is 20.6. The van der Waals surface area contributed by atoms with E-state index in [1.807, 2.05) is 66.8 Å². The lowest BCUT2D eigenvalue weighted by molar-refractivity contribution is -0.0429. The number of nitrogens with one attached hydrogen (secondary N) is 1. The second-order valence-electron chi connectivity index (χ2n) is 13.0. The molecule has 8 nitrogen and oxygen atoms in total. The molecule has 0 saturated carbocycles. The first-order valence-electron chi connectivity index (χ1n) is 16.6. The zero-order chi connectivity index (χ0) is 35.8. The minimum atomic E-state index is -1.55. The summed E-state index contributed by atoms with van der Waals surface area (Å²) in [5.41, 5.74) is 0.837. The van der Waals surface area contributed by atoms with Gasteiger partial charge in [0.1, 0.15) is 24.7 Å². The van der Waals surface area contributed by atoms with Crippen LogP contribution >= 0.6 is 46.4 Å². The maximum atomic E-state index is 9.95. The van der Waals surface area contributed by atoms with E-state index in [4.69, 9.17) is 60.6 Å². The summed E-state index contributed by atoms with van der Waals surface area (Å²) in [6, 6.07) is 20.5. The van der Waals surface area contributed by atoms with Crippen LogP contribution in [0.2, 0.25) is 10.0 Å². The molecule has 1 aliphatic carbocycles. The van der Waals surface area contributed by atoms with Gasteiger partial charge in [0.25, 0.3) is 0 Å². The van der Waals surface area contributed by atoms with Crippen molar-refractivity contribution in [3.05, 3.63) is 112 Å². The number of hydrogen-bond acceptors (Lipinski definition) is 8. The fourth-order valence-corrected chi connectivity index (χ4v) is 7.05. The highest BCUT2D eigenvalue weighted by Crippen LogP contribution is 2.50. The number of allylic oxidation sites excluding steroid dienone is 2. The van der Waals surface area contributed by atoms with Crippen molar-refractivity contribution >= 4 is 52.0 Å². The summed E-state index contributed by atoms with van der Waals surface area (Å²) in [5, 5.41) is 33.7. The molecular weight excluding hydrogens is 722 g/mol. The molecule has 0 spiro atoms. The predicted octanol–water partition coefficient (Wildman–Crippen LogP) is 6.82. The maximum Gasteiger partial charge on any atom is 0.179 e. The van der Waals surface area contributed by atoms with Gasteiger partial charge in [-0.2, -0.15) is 0 Å². The molecule has 1 aliphatic heterocycles. The largest absolute Gasteiger partial charge is 0.488 e. The molecule has 50 heavy (non-hydrogen) atoms. The van der Waals surface area contributed by atoms with E-state index in [0.29, 0.717) is 52.3 Å². The van der Waals surface area contributed by atoms with Gasteiger partial charge in [0.2, 0.25) is 0 Å². The van der Waals surface area contributed by atoms with E-state index in [-0.39, 0.29) is 39.1 Å². The Bertz CT molecular complexity index is 1630. The molecule has 3 aromatic carbocycles. The van der Waals surface area contributed by atoms with Crippen molar-refractivity contribution in [2.45, 2.75) is 54.5 Å². The molecule has 2 aliphatic rings. The van der Waals surface area contributed by atoms with Crippen LogP contribution in [0.5, 0.6) is 11.5 Å². The Hall–Kier alpha value is -2.34. The Kier molecular flexibility index (Phi) is 13.6. The van der Waals surface area contributed by atoms with Crippen LogP contribution in [0.4, 0.5) is 0 Å². The first-order chi connectivity index (χ1) is 24.0. The van der Waals surface area contributed by atoms with Crippen molar-refractivity contribution in [3.8, 4) is 11.5 Å². The summed E-state index contributed by atoms with van der Waals surface area (Å²) in [7, 11) is 0. The van der Waals surface area contributed by atoms with Crippen molar-refractivity contribution < 1.29 is 29.5 Å². The summed E-state index contributed by atoms with van der Waals surface area (Å²) in [5.74, 6) is 0.802. The topological polar surface area (TPSA) is 104 Å². The van der Waals surface area contributed by atoms with E-state index in [2.05, 4.69) is 10.2 Å². The molecule has 0 aromatic heterocycles. The number of nitrogens with zero attached hydrogens (tertiary/aromatic N) is 1. The van der Waals surface area contributed by atoms with Crippen LogP contribution in [-0.2, 0) is 17.9 Å². The van der Waals surface area contributed by atoms with Crippen molar-refractivity contribution in [2.24, 2.45) is 0 Å². The molecule has 0 bridgehead atoms. The smallest absolute Gasteiger partial charge is 0.179 e. The highest BCUT2D eigenvalue weighted by Gasteiger charge is 2.54. The van der Waals surface area contributed by atoms with Gasteiger partial charge in [0.05, 0.1) is 29.9 Å². The first-order valence-corrected chi connectivity index (χ1v) is 18.2. The van der Waals surface area contributed by atoms with Gasteiger partial charge in [-0.05, 0) is 60.7 Å². The van der Waals surface area contributed by atoms with E-state index in [1.54, 1.807) is 25.1 Å². The van der Waals surface area contributed by atoms with E-state index in [9.17, 15) is 15.3 Å². The second kappa shape index (κ2) is 17.5. The van der Waals surface area contributed by atoms with E-state index in [1.165, 1.54) is 0 Å². The van der Waals surface area contributed by atoms with Gasteiger partial charge in [-0.3, -0.25) is 0 Å². The minimum Gasteiger partial charge on any atom is -0.488 e. The van der Waals surface area contributed by atoms with Crippen LogP contribution in [0.25, 0.3) is 5.57 Å². The zero-order valence-corrected chi connectivity index (χ0v) is 31.0. The van der Waals surface area contributed by atoms with Crippen LogP contribution in [-0.4, -0.2) is 87.9 Å². The third-order valence-electron chi connectivity index (χ3n) is 9.05. The van der Waals surface area contributed by atoms with E-state index >= 15 is 0 Å². The molecule has 1 heterocycles. The van der Waals surface area contributed by atoms with Crippen molar-refractivity contribution in [2.75, 3.05) is 46.1 Å². The number of hydrogen-bond donors (Lipinski definition) is 4. The SMILES string of the molecule is CC(CO)(CO)NCc1cc(Cl)c(OC[C@]2(OCCCN3CCC(O)C3)C=CC=C(c3ccccc3)C2(Cl)Cl)cc1OCc1cccc(Cl)c1. The lowest BCUT2D eigenvalue weighted by Gasteiger charge is -2.43. The van der Waals surface area contributed by atoms with Gasteiger partial charge in [-0.1, -0.05) is 101 Å². The zero-order valence-electron chi connectivity index (χ0n) is 28.0. The maximum absolute atomic E-state index is 9.95. The summed E-state index contributed by atoms with van der Waals surface area (Å²) >= 11 is 27.7. The number of aliphatic hydroxyl groups is 3. The molecular formula is C38H44Cl4N2O6. The molecule has 0 radical (unpaired) electrons. The Labute approximate surface area is 314 Å². The van der Waals surface area contributed by atoms with Crippen molar-refractivity contribution in [1.82, 2.24) is 10.2 Å². The molecule has 1 fully saturated rings.